The van der Waals surface area contributed by atoms with Gasteiger partial charge in [0.05, 0.1) is 6.10 Å². The van der Waals surface area contributed by atoms with Crippen molar-refractivity contribution < 1.29 is 19.7 Å². The maximum Gasteiger partial charge on any atom is 0.308 e. The van der Waals surface area contributed by atoms with Crippen molar-refractivity contribution in [1.82, 2.24) is 0 Å². The number of aliphatic hydroxyl groups is 2. The van der Waals surface area contributed by atoms with Gasteiger partial charge in [-0.15, -0.1) is 0 Å². The molecule has 3 atom stereocenters. The second-order valence-corrected chi connectivity index (χ2v) is 9.82. The summed E-state index contributed by atoms with van der Waals surface area (Å²) < 4.78 is 5.33. The van der Waals surface area contributed by atoms with E-state index in [1.807, 2.05) is 13.8 Å². The number of carbonyl (C=O) groups is 1. The van der Waals surface area contributed by atoms with Crippen molar-refractivity contribution in [2.45, 2.75) is 162 Å². The first-order chi connectivity index (χ1) is 14.9. The minimum atomic E-state index is -0.994. The van der Waals surface area contributed by atoms with E-state index in [1.165, 1.54) is 44.9 Å². The molecule has 0 saturated carbocycles. The Morgan fingerprint density at radius 1 is 0.742 bits per heavy atom. The fourth-order valence-corrected chi connectivity index (χ4v) is 4.04. The third-order valence-corrected chi connectivity index (χ3v) is 6.81. The highest BCUT2D eigenvalue weighted by Crippen LogP contribution is 2.33. The molecule has 0 fully saturated rings. The van der Waals surface area contributed by atoms with Crippen LogP contribution in [0, 0.1) is 5.41 Å². The Morgan fingerprint density at radius 3 is 1.74 bits per heavy atom. The fourth-order valence-electron chi connectivity index (χ4n) is 4.04. The Morgan fingerprint density at radius 2 is 1.23 bits per heavy atom. The van der Waals surface area contributed by atoms with Crippen LogP contribution in [0.15, 0.2) is 0 Å². The van der Waals surface area contributed by atoms with Crippen LogP contribution in [0.3, 0.4) is 0 Å². The number of hydrogen-bond donors (Lipinski definition) is 2. The number of rotatable bonds is 22. The number of aliphatic hydroxyl groups excluding tert-OH is 2. The van der Waals surface area contributed by atoms with E-state index in [9.17, 15) is 15.0 Å². The number of ether oxygens (including phenoxy) is 1. The highest BCUT2D eigenvalue weighted by molar-refractivity contribution is 5.69. The van der Waals surface area contributed by atoms with Crippen molar-refractivity contribution in [3.8, 4) is 0 Å². The second-order valence-electron chi connectivity index (χ2n) is 9.82. The van der Waals surface area contributed by atoms with E-state index in [1.54, 1.807) is 0 Å². The molecule has 0 aromatic carbocycles. The average Bonchev–Trinajstić information content (AvgIpc) is 2.76. The normalized spacial score (nSPS) is 15.4. The zero-order valence-electron chi connectivity index (χ0n) is 21.3. The van der Waals surface area contributed by atoms with Gasteiger partial charge in [-0.05, 0) is 32.1 Å². The second kappa shape index (κ2) is 20.0. The molecule has 0 radical (unpaired) electrons. The summed E-state index contributed by atoms with van der Waals surface area (Å²) in [6, 6.07) is 0. The van der Waals surface area contributed by atoms with Gasteiger partial charge in [0.25, 0.3) is 0 Å². The summed E-state index contributed by atoms with van der Waals surface area (Å²) in [7, 11) is 0. The number of unbranched alkanes of at least 4 members (excludes halogenated alkanes) is 11. The zero-order chi connectivity index (χ0) is 23.4. The van der Waals surface area contributed by atoms with Gasteiger partial charge in [-0.2, -0.15) is 0 Å². The van der Waals surface area contributed by atoms with Crippen molar-refractivity contribution in [2.75, 3.05) is 0 Å². The Kier molecular flexibility index (Phi) is 19.6. The number of esters is 1. The highest BCUT2D eigenvalue weighted by atomic mass is 16.6. The molecule has 186 valence electrons. The lowest BCUT2D eigenvalue weighted by molar-refractivity contribution is -0.193. The van der Waals surface area contributed by atoms with Crippen LogP contribution in [0.25, 0.3) is 0 Å². The zero-order valence-corrected chi connectivity index (χ0v) is 21.3. The molecule has 0 aliphatic heterocycles. The summed E-state index contributed by atoms with van der Waals surface area (Å²) in [5, 5.41) is 20.3. The Labute approximate surface area is 193 Å². The van der Waals surface area contributed by atoms with Crippen LogP contribution in [0.2, 0.25) is 0 Å². The van der Waals surface area contributed by atoms with Crippen LogP contribution in [0.4, 0.5) is 0 Å². The van der Waals surface area contributed by atoms with Crippen molar-refractivity contribution in [3.63, 3.8) is 0 Å². The molecule has 0 aliphatic rings. The molecule has 0 rings (SSSR count). The first-order valence-electron chi connectivity index (χ1n) is 13.4. The van der Waals surface area contributed by atoms with Crippen LogP contribution >= 0.6 is 0 Å². The molecule has 0 aliphatic carbocycles. The lowest BCUT2D eigenvalue weighted by Crippen LogP contribution is -2.35. The Bertz CT molecular complexity index is 412. The van der Waals surface area contributed by atoms with Gasteiger partial charge in [-0.1, -0.05) is 111 Å². The van der Waals surface area contributed by atoms with Crippen LogP contribution < -0.4 is 0 Å². The molecule has 0 aromatic heterocycles. The molecule has 0 spiro atoms. The minimum Gasteiger partial charge on any atom is -0.435 e. The summed E-state index contributed by atoms with van der Waals surface area (Å²) in [4.78, 5) is 12.0. The minimum absolute atomic E-state index is 0.100. The van der Waals surface area contributed by atoms with Gasteiger partial charge in [0.15, 0.2) is 0 Å². The third-order valence-electron chi connectivity index (χ3n) is 6.81. The largest absolute Gasteiger partial charge is 0.435 e. The van der Waals surface area contributed by atoms with E-state index in [-0.39, 0.29) is 17.5 Å². The maximum absolute atomic E-state index is 12.0. The van der Waals surface area contributed by atoms with Gasteiger partial charge in [0.2, 0.25) is 6.29 Å². The molecule has 4 nitrogen and oxygen atoms in total. The standard InChI is InChI=1S/C27H54O4/c1-5-8-10-17-20-24(28)21-18-15-13-11-12-14-16-19-22-25(29)31-26(30)27(4,7-3)23-9-6-2/h24,26,28,30H,5-23H2,1-4H3. The summed E-state index contributed by atoms with van der Waals surface area (Å²) in [6.07, 6.45) is 19.1. The van der Waals surface area contributed by atoms with Crippen molar-refractivity contribution >= 4 is 5.97 Å². The van der Waals surface area contributed by atoms with Crippen molar-refractivity contribution in [2.24, 2.45) is 5.41 Å². The maximum atomic E-state index is 12.0. The molecule has 3 unspecified atom stereocenters. The Balaban J connectivity index is 3.60. The quantitative estimate of drug-likeness (QED) is 0.102. The SMILES string of the molecule is CCCCCCC(O)CCCCCCCCCCC(=O)OC(O)C(C)(CC)CCCC. The predicted molar refractivity (Wildman–Crippen MR) is 131 cm³/mol. The molecular formula is C27H54O4. The lowest BCUT2D eigenvalue weighted by atomic mass is 9.81. The van der Waals surface area contributed by atoms with E-state index in [4.69, 9.17) is 4.74 Å². The van der Waals surface area contributed by atoms with Gasteiger partial charge in [0, 0.05) is 11.8 Å². The summed E-state index contributed by atoms with van der Waals surface area (Å²) in [6.45, 7) is 8.40. The average molecular weight is 443 g/mol. The Hall–Kier alpha value is -0.610. The molecule has 4 heteroatoms. The van der Waals surface area contributed by atoms with Gasteiger partial charge in [-0.25, -0.2) is 0 Å². The predicted octanol–water partition coefficient (Wildman–Crippen LogP) is 7.69. The molecule has 31 heavy (non-hydrogen) atoms. The third kappa shape index (κ3) is 16.7. The molecule has 0 aromatic rings. The van der Waals surface area contributed by atoms with Gasteiger partial charge in [0.1, 0.15) is 0 Å². The molecule has 0 saturated heterocycles. The van der Waals surface area contributed by atoms with Crippen LogP contribution in [-0.4, -0.2) is 28.6 Å². The van der Waals surface area contributed by atoms with Gasteiger partial charge in [-0.3, -0.25) is 4.79 Å². The monoisotopic (exact) mass is 442 g/mol. The summed E-state index contributed by atoms with van der Waals surface area (Å²) in [5.41, 5.74) is -0.337. The van der Waals surface area contributed by atoms with E-state index >= 15 is 0 Å². The molecule has 0 bridgehead atoms. The van der Waals surface area contributed by atoms with Crippen molar-refractivity contribution in [3.05, 3.63) is 0 Å². The van der Waals surface area contributed by atoms with Gasteiger partial charge >= 0.3 is 5.97 Å². The summed E-state index contributed by atoms with van der Waals surface area (Å²) in [5.74, 6) is -0.267. The van der Waals surface area contributed by atoms with Crippen LogP contribution in [0.5, 0.6) is 0 Å². The molecule has 2 N–H and O–H groups in total. The lowest BCUT2D eigenvalue weighted by Gasteiger charge is -2.32. The first-order valence-corrected chi connectivity index (χ1v) is 13.4. The van der Waals surface area contributed by atoms with Crippen molar-refractivity contribution in [1.29, 1.82) is 0 Å². The van der Waals surface area contributed by atoms with Gasteiger partial charge < -0.3 is 14.9 Å². The van der Waals surface area contributed by atoms with Crippen LogP contribution in [-0.2, 0) is 9.53 Å². The van der Waals surface area contributed by atoms with E-state index < -0.39 is 6.29 Å². The number of carbonyl (C=O) groups excluding carboxylic acids is 1. The molecular weight excluding hydrogens is 388 g/mol. The topological polar surface area (TPSA) is 66.8 Å². The smallest absolute Gasteiger partial charge is 0.308 e. The molecule has 0 heterocycles. The summed E-state index contributed by atoms with van der Waals surface area (Å²) >= 11 is 0. The first kappa shape index (κ1) is 30.4. The highest BCUT2D eigenvalue weighted by Gasteiger charge is 2.33. The fraction of sp³-hybridized carbons (Fsp3) is 0.963. The molecule has 0 amide bonds. The van der Waals surface area contributed by atoms with E-state index in [0.29, 0.717) is 6.42 Å². The van der Waals surface area contributed by atoms with E-state index in [2.05, 4.69) is 13.8 Å². The van der Waals surface area contributed by atoms with Crippen LogP contribution in [0.1, 0.15) is 150 Å². The number of hydrogen-bond acceptors (Lipinski definition) is 4. The van der Waals surface area contributed by atoms with E-state index in [0.717, 1.165) is 70.6 Å².